The molecule has 2 aromatic rings. The first-order valence-electron chi connectivity index (χ1n) is 6.15. The summed E-state index contributed by atoms with van der Waals surface area (Å²) >= 11 is 3.40. The molecule has 0 fully saturated rings. The summed E-state index contributed by atoms with van der Waals surface area (Å²) in [6.07, 6.45) is 1.80. The van der Waals surface area contributed by atoms with E-state index in [1.54, 1.807) is 6.20 Å². The second-order valence-electron chi connectivity index (χ2n) is 4.10. The molecule has 100 valence electrons. The molecule has 0 amide bonds. The van der Waals surface area contributed by atoms with Crippen molar-refractivity contribution in [2.75, 3.05) is 6.54 Å². The molecule has 1 aromatic carbocycles. The molecule has 0 unspecified atom stereocenters. The molecule has 1 heterocycles. The molecule has 0 spiro atoms. The van der Waals surface area contributed by atoms with Gasteiger partial charge in [-0.15, -0.1) is 0 Å². The Balaban J connectivity index is 2.11. The molecule has 1 N–H and O–H groups in total. The largest absolute Gasteiger partial charge is 0.424 e. The van der Waals surface area contributed by atoms with Crippen LogP contribution in [0.5, 0.6) is 11.8 Å². The van der Waals surface area contributed by atoms with E-state index in [4.69, 9.17) is 4.74 Å². The smallest absolute Gasteiger partial charge is 0.322 e. The van der Waals surface area contributed by atoms with Crippen LogP contribution in [0.15, 0.2) is 34.9 Å². The highest BCUT2D eigenvalue weighted by Crippen LogP contribution is 2.22. The van der Waals surface area contributed by atoms with Gasteiger partial charge in [-0.2, -0.15) is 4.98 Å². The maximum Gasteiger partial charge on any atom is 0.322 e. The molecule has 0 atom stereocenters. The third kappa shape index (κ3) is 4.01. The number of rotatable bonds is 5. The summed E-state index contributed by atoms with van der Waals surface area (Å²) in [5.41, 5.74) is 2.02. The van der Waals surface area contributed by atoms with Gasteiger partial charge in [-0.25, -0.2) is 4.98 Å². The molecule has 0 saturated heterocycles. The van der Waals surface area contributed by atoms with E-state index in [1.165, 1.54) is 0 Å². The van der Waals surface area contributed by atoms with Gasteiger partial charge in [0.15, 0.2) is 0 Å². The maximum atomic E-state index is 5.63. The molecule has 5 heteroatoms. The molecule has 0 aliphatic heterocycles. The highest BCUT2D eigenvalue weighted by molar-refractivity contribution is 9.10. The number of benzene rings is 1. The Morgan fingerprint density at radius 1 is 1.37 bits per heavy atom. The third-order valence-corrected chi connectivity index (χ3v) is 3.12. The van der Waals surface area contributed by atoms with Gasteiger partial charge in [-0.1, -0.05) is 28.9 Å². The quantitative estimate of drug-likeness (QED) is 0.916. The number of halogens is 1. The van der Waals surface area contributed by atoms with E-state index in [0.717, 1.165) is 28.8 Å². The van der Waals surface area contributed by atoms with Crippen LogP contribution in [0.2, 0.25) is 0 Å². The van der Waals surface area contributed by atoms with E-state index in [2.05, 4.69) is 38.1 Å². The maximum absolute atomic E-state index is 5.63. The highest BCUT2D eigenvalue weighted by Gasteiger charge is 2.05. The molecule has 19 heavy (non-hydrogen) atoms. The number of hydrogen-bond acceptors (Lipinski definition) is 4. The molecular weight excluding hydrogens is 306 g/mol. The van der Waals surface area contributed by atoms with Crippen molar-refractivity contribution in [1.82, 2.24) is 15.3 Å². The minimum absolute atomic E-state index is 0.371. The van der Waals surface area contributed by atoms with Gasteiger partial charge in [-0.3, -0.25) is 0 Å². The zero-order chi connectivity index (χ0) is 13.7. The monoisotopic (exact) mass is 321 g/mol. The summed E-state index contributed by atoms with van der Waals surface area (Å²) in [5.74, 6) is 0.716. The van der Waals surface area contributed by atoms with Crippen LogP contribution in [-0.4, -0.2) is 16.5 Å². The molecule has 1 aromatic heterocycles. The first-order chi connectivity index (χ1) is 9.19. The molecule has 0 aliphatic carbocycles. The second-order valence-corrected chi connectivity index (χ2v) is 5.02. The SMILES string of the molecule is CCNCc1cnc(Oc2cccc(Br)c2)nc1C. The predicted molar refractivity (Wildman–Crippen MR) is 78.4 cm³/mol. The standard InChI is InChI=1S/C14H16BrN3O/c1-3-16-8-11-9-17-14(18-10(11)2)19-13-6-4-5-12(15)7-13/h4-7,9,16H,3,8H2,1-2H3. The Kier molecular flexibility index (Phi) is 4.87. The fourth-order valence-electron chi connectivity index (χ4n) is 1.59. The van der Waals surface area contributed by atoms with Gasteiger partial charge in [-0.05, 0) is 31.7 Å². The van der Waals surface area contributed by atoms with E-state index in [1.807, 2.05) is 31.2 Å². The number of nitrogens with zero attached hydrogens (tertiary/aromatic N) is 2. The van der Waals surface area contributed by atoms with Crippen molar-refractivity contribution in [3.05, 3.63) is 46.2 Å². The Bertz CT molecular complexity index is 560. The first kappa shape index (κ1) is 14.0. The second kappa shape index (κ2) is 6.63. The van der Waals surface area contributed by atoms with Gasteiger partial charge in [0.1, 0.15) is 5.75 Å². The van der Waals surface area contributed by atoms with Crippen molar-refractivity contribution < 1.29 is 4.74 Å². The number of aryl methyl sites for hydroxylation is 1. The van der Waals surface area contributed by atoms with Crippen LogP contribution in [0.4, 0.5) is 0 Å². The lowest BCUT2D eigenvalue weighted by molar-refractivity contribution is 0.439. The average Bonchev–Trinajstić information content (AvgIpc) is 2.38. The Hall–Kier alpha value is -1.46. The molecule has 0 radical (unpaired) electrons. The van der Waals surface area contributed by atoms with Gasteiger partial charge >= 0.3 is 6.01 Å². The summed E-state index contributed by atoms with van der Waals surface area (Å²) in [4.78, 5) is 8.59. The summed E-state index contributed by atoms with van der Waals surface area (Å²) in [6.45, 7) is 5.73. The van der Waals surface area contributed by atoms with Crippen molar-refractivity contribution >= 4 is 15.9 Å². The van der Waals surface area contributed by atoms with Gasteiger partial charge in [0, 0.05) is 28.5 Å². The van der Waals surface area contributed by atoms with Crippen LogP contribution in [-0.2, 0) is 6.54 Å². The van der Waals surface area contributed by atoms with Crippen LogP contribution in [0.25, 0.3) is 0 Å². The van der Waals surface area contributed by atoms with Gasteiger partial charge in [0.25, 0.3) is 0 Å². The zero-order valence-corrected chi connectivity index (χ0v) is 12.6. The van der Waals surface area contributed by atoms with E-state index in [-0.39, 0.29) is 0 Å². The third-order valence-electron chi connectivity index (χ3n) is 2.63. The highest BCUT2D eigenvalue weighted by atomic mass is 79.9. The van der Waals surface area contributed by atoms with Crippen LogP contribution in [0.1, 0.15) is 18.2 Å². The van der Waals surface area contributed by atoms with Crippen molar-refractivity contribution in [3.63, 3.8) is 0 Å². The lowest BCUT2D eigenvalue weighted by Crippen LogP contribution is -2.13. The predicted octanol–water partition coefficient (Wildman–Crippen LogP) is 3.45. The molecule has 4 nitrogen and oxygen atoms in total. The fraction of sp³-hybridized carbons (Fsp3) is 0.286. The topological polar surface area (TPSA) is 47.0 Å². The van der Waals surface area contributed by atoms with Crippen molar-refractivity contribution in [2.24, 2.45) is 0 Å². The minimum Gasteiger partial charge on any atom is -0.424 e. The van der Waals surface area contributed by atoms with Crippen LogP contribution < -0.4 is 10.1 Å². The minimum atomic E-state index is 0.371. The fourth-order valence-corrected chi connectivity index (χ4v) is 1.97. The van der Waals surface area contributed by atoms with E-state index >= 15 is 0 Å². The first-order valence-corrected chi connectivity index (χ1v) is 6.95. The van der Waals surface area contributed by atoms with Gasteiger partial charge in [0.05, 0.1) is 0 Å². The van der Waals surface area contributed by atoms with Crippen LogP contribution >= 0.6 is 15.9 Å². The Labute approximate surface area is 121 Å². The molecule has 0 saturated carbocycles. The summed E-state index contributed by atoms with van der Waals surface area (Å²) in [7, 11) is 0. The Morgan fingerprint density at radius 3 is 2.89 bits per heavy atom. The zero-order valence-electron chi connectivity index (χ0n) is 11.0. The van der Waals surface area contributed by atoms with E-state index in [9.17, 15) is 0 Å². The van der Waals surface area contributed by atoms with Gasteiger partial charge < -0.3 is 10.1 Å². The van der Waals surface area contributed by atoms with Gasteiger partial charge in [0.2, 0.25) is 0 Å². The molecule has 0 aliphatic rings. The Morgan fingerprint density at radius 2 is 2.21 bits per heavy atom. The van der Waals surface area contributed by atoms with Crippen molar-refractivity contribution in [1.29, 1.82) is 0 Å². The van der Waals surface area contributed by atoms with E-state index < -0.39 is 0 Å². The molecule has 2 rings (SSSR count). The lowest BCUT2D eigenvalue weighted by Gasteiger charge is -2.08. The van der Waals surface area contributed by atoms with Crippen molar-refractivity contribution in [2.45, 2.75) is 20.4 Å². The number of aromatic nitrogens is 2. The number of hydrogen-bond donors (Lipinski definition) is 1. The number of ether oxygens (including phenoxy) is 1. The summed E-state index contributed by atoms with van der Waals surface area (Å²) < 4.78 is 6.59. The average molecular weight is 322 g/mol. The van der Waals surface area contributed by atoms with E-state index in [0.29, 0.717) is 11.8 Å². The molecular formula is C14H16BrN3O. The normalized spacial score (nSPS) is 10.5. The number of nitrogens with one attached hydrogen (secondary N) is 1. The van der Waals surface area contributed by atoms with Crippen molar-refractivity contribution in [3.8, 4) is 11.8 Å². The van der Waals surface area contributed by atoms with Crippen LogP contribution in [0.3, 0.4) is 0 Å². The summed E-state index contributed by atoms with van der Waals surface area (Å²) in [6, 6.07) is 7.97. The summed E-state index contributed by atoms with van der Waals surface area (Å²) in [5, 5.41) is 3.25. The molecule has 0 bridgehead atoms. The van der Waals surface area contributed by atoms with Crippen LogP contribution in [0, 0.1) is 6.92 Å². The lowest BCUT2D eigenvalue weighted by atomic mass is 10.2.